The number of ether oxygens (including phenoxy) is 1. The molecule has 0 amide bonds. The molecule has 2 rings (SSSR count). The van der Waals surface area contributed by atoms with Gasteiger partial charge in [0.2, 0.25) is 0 Å². The molecular formula is C20H34O2. The maximum absolute atomic E-state index is 12.1. The van der Waals surface area contributed by atoms with Crippen LogP contribution in [0.2, 0.25) is 0 Å². The van der Waals surface area contributed by atoms with E-state index in [0.29, 0.717) is 11.8 Å². The molecule has 0 bridgehead atoms. The van der Waals surface area contributed by atoms with Crippen LogP contribution in [0, 0.1) is 11.8 Å². The highest BCUT2D eigenvalue weighted by atomic mass is 16.6. The van der Waals surface area contributed by atoms with Crippen LogP contribution in [0.4, 0.5) is 0 Å². The Balaban J connectivity index is 2.26. The van der Waals surface area contributed by atoms with Gasteiger partial charge in [-0.25, -0.2) is 4.79 Å². The Morgan fingerprint density at radius 3 is 1.95 bits per heavy atom. The minimum atomic E-state index is -0.206. The van der Waals surface area contributed by atoms with Gasteiger partial charge in [0.25, 0.3) is 0 Å². The molecule has 2 heteroatoms. The average molecular weight is 306 g/mol. The van der Waals surface area contributed by atoms with E-state index in [1.165, 1.54) is 76.7 Å². The predicted octanol–water partition coefficient (Wildman–Crippen LogP) is 5.81. The van der Waals surface area contributed by atoms with Crippen LogP contribution < -0.4 is 0 Å². The Kier molecular flexibility index (Phi) is 6.98. The molecule has 0 N–H and O–H groups in total. The van der Waals surface area contributed by atoms with Gasteiger partial charge >= 0.3 is 5.97 Å². The molecule has 2 aliphatic carbocycles. The summed E-state index contributed by atoms with van der Waals surface area (Å²) in [6, 6.07) is 0. The third-order valence-corrected chi connectivity index (χ3v) is 5.97. The van der Waals surface area contributed by atoms with Crippen molar-refractivity contribution in [3.8, 4) is 0 Å². The fraction of sp³-hybridized carbons (Fsp3) is 0.850. The summed E-state index contributed by atoms with van der Waals surface area (Å²) in [5, 5.41) is 0. The van der Waals surface area contributed by atoms with Gasteiger partial charge in [0.05, 0.1) is 0 Å². The Morgan fingerprint density at radius 1 is 1.05 bits per heavy atom. The van der Waals surface area contributed by atoms with E-state index < -0.39 is 0 Å². The van der Waals surface area contributed by atoms with Gasteiger partial charge in [-0.3, -0.25) is 0 Å². The van der Waals surface area contributed by atoms with Crippen LogP contribution in [0.3, 0.4) is 0 Å². The first-order valence-corrected chi connectivity index (χ1v) is 9.58. The van der Waals surface area contributed by atoms with Gasteiger partial charge in [0.15, 0.2) is 0 Å². The lowest BCUT2D eigenvalue weighted by molar-refractivity contribution is -0.177. The number of rotatable bonds is 7. The number of hydrogen-bond acceptors (Lipinski definition) is 2. The van der Waals surface area contributed by atoms with E-state index in [-0.39, 0.29) is 11.6 Å². The molecule has 0 aromatic carbocycles. The van der Waals surface area contributed by atoms with E-state index in [9.17, 15) is 4.79 Å². The zero-order valence-corrected chi connectivity index (χ0v) is 14.4. The Labute approximate surface area is 136 Å². The van der Waals surface area contributed by atoms with E-state index in [0.717, 1.165) is 12.8 Å². The summed E-state index contributed by atoms with van der Waals surface area (Å²) in [5.41, 5.74) is -0.206. The van der Waals surface area contributed by atoms with Crippen molar-refractivity contribution in [2.45, 2.75) is 96.0 Å². The van der Waals surface area contributed by atoms with Crippen LogP contribution in [0.25, 0.3) is 0 Å². The van der Waals surface area contributed by atoms with Crippen molar-refractivity contribution in [2.75, 3.05) is 0 Å². The van der Waals surface area contributed by atoms with Gasteiger partial charge in [-0.05, 0) is 50.4 Å². The number of carbonyl (C=O) groups excluding carboxylic acids is 1. The lowest BCUT2D eigenvalue weighted by Gasteiger charge is -2.48. The van der Waals surface area contributed by atoms with Crippen molar-refractivity contribution < 1.29 is 9.53 Å². The van der Waals surface area contributed by atoms with Gasteiger partial charge in [-0.15, -0.1) is 0 Å². The molecule has 0 unspecified atom stereocenters. The highest BCUT2D eigenvalue weighted by Crippen LogP contribution is 2.48. The SMILES string of the molecule is C=CC(=O)OC(CCCC)(C1CCCCC1)C1CCCCC1. The topological polar surface area (TPSA) is 26.3 Å². The summed E-state index contributed by atoms with van der Waals surface area (Å²) in [6.45, 7) is 5.88. The van der Waals surface area contributed by atoms with E-state index in [2.05, 4.69) is 13.5 Å². The van der Waals surface area contributed by atoms with Gasteiger partial charge in [-0.2, -0.15) is 0 Å². The zero-order valence-electron chi connectivity index (χ0n) is 14.4. The van der Waals surface area contributed by atoms with Crippen molar-refractivity contribution in [3.05, 3.63) is 12.7 Å². The average Bonchev–Trinajstić information content (AvgIpc) is 2.60. The summed E-state index contributed by atoms with van der Waals surface area (Å²) in [4.78, 5) is 12.1. The maximum atomic E-state index is 12.1. The molecule has 0 saturated heterocycles. The smallest absolute Gasteiger partial charge is 0.330 e. The molecule has 0 spiro atoms. The van der Waals surface area contributed by atoms with Crippen LogP contribution in [0.15, 0.2) is 12.7 Å². The van der Waals surface area contributed by atoms with Crippen molar-refractivity contribution >= 4 is 5.97 Å². The van der Waals surface area contributed by atoms with Crippen molar-refractivity contribution in [1.29, 1.82) is 0 Å². The van der Waals surface area contributed by atoms with Gasteiger partial charge < -0.3 is 4.74 Å². The molecule has 0 aromatic rings. The van der Waals surface area contributed by atoms with Crippen molar-refractivity contribution in [3.63, 3.8) is 0 Å². The summed E-state index contributed by atoms with van der Waals surface area (Å²) >= 11 is 0. The highest BCUT2D eigenvalue weighted by molar-refractivity contribution is 5.81. The van der Waals surface area contributed by atoms with Crippen molar-refractivity contribution in [1.82, 2.24) is 0 Å². The predicted molar refractivity (Wildman–Crippen MR) is 91.7 cm³/mol. The second-order valence-electron chi connectivity index (χ2n) is 7.35. The summed E-state index contributed by atoms with van der Waals surface area (Å²) in [5.74, 6) is 0.937. The van der Waals surface area contributed by atoms with Crippen molar-refractivity contribution in [2.24, 2.45) is 11.8 Å². The summed E-state index contributed by atoms with van der Waals surface area (Å²) < 4.78 is 6.21. The minimum Gasteiger partial charge on any atom is -0.455 e. The molecule has 0 heterocycles. The van der Waals surface area contributed by atoms with Gasteiger partial charge in [0, 0.05) is 6.08 Å². The van der Waals surface area contributed by atoms with E-state index >= 15 is 0 Å². The first kappa shape index (κ1) is 17.6. The monoisotopic (exact) mass is 306 g/mol. The Bertz CT molecular complexity index is 331. The molecule has 2 fully saturated rings. The fourth-order valence-electron chi connectivity index (χ4n) is 4.82. The quantitative estimate of drug-likeness (QED) is 0.438. The number of unbranched alkanes of at least 4 members (excludes halogenated alkanes) is 1. The van der Waals surface area contributed by atoms with Crippen LogP contribution in [-0.4, -0.2) is 11.6 Å². The molecule has 126 valence electrons. The molecule has 22 heavy (non-hydrogen) atoms. The summed E-state index contributed by atoms with van der Waals surface area (Å²) in [6.07, 6.45) is 17.6. The molecule has 2 aliphatic rings. The Hall–Kier alpha value is -0.790. The lowest BCUT2D eigenvalue weighted by atomic mass is 9.64. The standard InChI is InChI=1S/C20H34O2/c1-3-5-16-20(22-19(21)4-2,17-12-8-6-9-13-17)18-14-10-7-11-15-18/h4,17-18H,2-3,5-16H2,1H3. The van der Waals surface area contributed by atoms with Crippen LogP contribution in [0.5, 0.6) is 0 Å². The van der Waals surface area contributed by atoms with Crippen LogP contribution in [0.1, 0.15) is 90.4 Å². The molecule has 0 aromatic heterocycles. The lowest BCUT2D eigenvalue weighted by Crippen LogP contribution is -2.50. The third kappa shape index (κ3) is 4.14. The number of hydrogen-bond donors (Lipinski definition) is 0. The number of esters is 1. The molecule has 0 aliphatic heterocycles. The molecule has 2 nitrogen and oxygen atoms in total. The minimum absolute atomic E-state index is 0.202. The second-order valence-corrected chi connectivity index (χ2v) is 7.35. The van der Waals surface area contributed by atoms with E-state index in [4.69, 9.17) is 4.74 Å². The Morgan fingerprint density at radius 2 is 1.55 bits per heavy atom. The maximum Gasteiger partial charge on any atom is 0.330 e. The third-order valence-electron chi connectivity index (χ3n) is 5.97. The molecular weight excluding hydrogens is 272 g/mol. The van der Waals surface area contributed by atoms with Gasteiger partial charge in [0.1, 0.15) is 5.60 Å². The van der Waals surface area contributed by atoms with Crippen LogP contribution >= 0.6 is 0 Å². The normalized spacial score (nSPS) is 21.5. The zero-order chi connectivity index (χ0) is 15.8. The van der Waals surface area contributed by atoms with E-state index in [1.807, 2.05) is 0 Å². The molecule has 0 atom stereocenters. The first-order chi connectivity index (χ1) is 10.7. The van der Waals surface area contributed by atoms with Gasteiger partial charge in [-0.1, -0.05) is 58.4 Å². The largest absolute Gasteiger partial charge is 0.455 e. The number of carbonyl (C=O) groups is 1. The summed E-state index contributed by atoms with van der Waals surface area (Å²) in [7, 11) is 0. The second kappa shape index (κ2) is 8.74. The van der Waals surface area contributed by atoms with E-state index in [1.54, 1.807) is 0 Å². The first-order valence-electron chi connectivity index (χ1n) is 9.58. The highest BCUT2D eigenvalue weighted by Gasteiger charge is 2.48. The van der Waals surface area contributed by atoms with Crippen LogP contribution in [-0.2, 0) is 9.53 Å². The molecule has 0 radical (unpaired) electrons. The fourth-order valence-corrected chi connectivity index (χ4v) is 4.82. The molecule has 2 saturated carbocycles.